The fraction of sp³-hybridized carbons (Fsp3) is 0.450. The van der Waals surface area contributed by atoms with Crippen molar-refractivity contribution in [1.82, 2.24) is 9.88 Å². The molecule has 0 saturated carbocycles. The lowest BCUT2D eigenvalue weighted by Gasteiger charge is -2.36. The van der Waals surface area contributed by atoms with Gasteiger partial charge in [0.1, 0.15) is 0 Å². The minimum atomic E-state index is 0.410. The van der Waals surface area contributed by atoms with Crippen LogP contribution in [0.15, 0.2) is 24.4 Å². The van der Waals surface area contributed by atoms with Crippen molar-refractivity contribution in [1.29, 1.82) is 0 Å². The standard InChI is InChI=1S/C20H23ClN2O2/c1-12-6-19(24-2)20(25-3)7-13(12)11-23-15-4-5-18(23)16-8-14(21)10-22-17(16)9-15/h6-8,10,15,18H,4-5,9,11H2,1-3H3. The predicted octanol–water partition coefficient (Wildman–Crippen LogP) is 4.32. The van der Waals surface area contributed by atoms with Crippen LogP contribution in [0.2, 0.25) is 5.02 Å². The molecule has 0 amide bonds. The monoisotopic (exact) mass is 358 g/mol. The summed E-state index contributed by atoms with van der Waals surface area (Å²) in [6, 6.07) is 7.24. The molecule has 2 bridgehead atoms. The summed E-state index contributed by atoms with van der Waals surface area (Å²) in [5.41, 5.74) is 5.04. The summed E-state index contributed by atoms with van der Waals surface area (Å²) in [7, 11) is 3.36. The molecule has 0 N–H and O–H groups in total. The van der Waals surface area contributed by atoms with Crippen molar-refractivity contribution in [3.05, 3.63) is 51.8 Å². The van der Waals surface area contributed by atoms with E-state index in [2.05, 4.69) is 35.0 Å². The molecule has 2 aliphatic rings. The van der Waals surface area contributed by atoms with Gasteiger partial charge in [0, 0.05) is 36.9 Å². The summed E-state index contributed by atoms with van der Waals surface area (Å²) >= 11 is 6.21. The van der Waals surface area contributed by atoms with Gasteiger partial charge in [-0.25, -0.2) is 0 Å². The van der Waals surface area contributed by atoms with E-state index in [9.17, 15) is 0 Å². The zero-order valence-electron chi connectivity index (χ0n) is 14.9. The zero-order chi connectivity index (χ0) is 17.6. The number of rotatable bonds is 4. The highest BCUT2D eigenvalue weighted by Gasteiger charge is 2.40. The summed E-state index contributed by atoms with van der Waals surface area (Å²) < 4.78 is 10.9. The van der Waals surface area contributed by atoms with Gasteiger partial charge < -0.3 is 9.47 Å². The van der Waals surface area contributed by atoms with E-state index in [1.54, 1.807) is 20.4 Å². The van der Waals surface area contributed by atoms with Gasteiger partial charge in [0.25, 0.3) is 0 Å². The Hall–Kier alpha value is -1.78. The van der Waals surface area contributed by atoms with Crippen molar-refractivity contribution in [2.45, 2.75) is 44.8 Å². The van der Waals surface area contributed by atoms with Gasteiger partial charge in [0.15, 0.2) is 11.5 Å². The van der Waals surface area contributed by atoms with Crippen LogP contribution in [-0.4, -0.2) is 30.1 Å². The molecule has 2 atom stereocenters. The molecule has 25 heavy (non-hydrogen) atoms. The number of fused-ring (bicyclic) bond motifs is 4. The second-order valence-corrected chi connectivity index (χ2v) is 7.38. The van der Waals surface area contributed by atoms with Crippen molar-refractivity contribution in [3.8, 4) is 11.5 Å². The summed E-state index contributed by atoms with van der Waals surface area (Å²) in [5, 5.41) is 0.728. The molecular weight excluding hydrogens is 336 g/mol. The molecule has 2 unspecified atom stereocenters. The molecule has 0 spiro atoms. The Balaban J connectivity index is 1.66. The van der Waals surface area contributed by atoms with E-state index in [1.165, 1.54) is 35.2 Å². The van der Waals surface area contributed by atoms with Crippen molar-refractivity contribution in [2.75, 3.05) is 14.2 Å². The van der Waals surface area contributed by atoms with Crippen molar-refractivity contribution in [3.63, 3.8) is 0 Å². The number of hydrogen-bond acceptors (Lipinski definition) is 4. The van der Waals surface area contributed by atoms with Crippen LogP contribution < -0.4 is 9.47 Å². The molecule has 0 aliphatic carbocycles. The molecular formula is C20H23ClN2O2. The van der Waals surface area contributed by atoms with Crippen LogP contribution in [0.5, 0.6) is 11.5 Å². The van der Waals surface area contributed by atoms with Crippen molar-refractivity contribution < 1.29 is 9.47 Å². The minimum absolute atomic E-state index is 0.410. The summed E-state index contributed by atoms with van der Waals surface area (Å²) in [6.45, 7) is 3.04. The lowest BCUT2D eigenvalue weighted by molar-refractivity contribution is 0.166. The summed E-state index contributed by atoms with van der Waals surface area (Å²) in [4.78, 5) is 7.18. The fourth-order valence-corrected chi connectivity index (χ4v) is 4.45. The number of benzene rings is 1. The van der Waals surface area contributed by atoms with Crippen LogP contribution in [-0.2, 0) is 13.0 Å². The fourth-order valence-electron chi connectivity index (χ4n) is 4.28. The summed E-state index contributed by atoms with van der Waals surface area (Å²) in [6.07, 6.45) is 5.17. The van der Waals surface area contributed by atoms with E-state index < -0.39 is 0 Å². The largest absolute Gasteiger partial charge is 0.493 e. The first-order valence-corrected chi connectivity index (χ1v) is 9.10. The van der Waals surface area contributed by atoms with Gasteiger partial charge in [-0.15, -0.1) is 0 Å². The Bertz CT molecular complexity index is 809. The van der Waals surface area contributed by atoms with E-state index in [0.29, 0.717) is 12.1 Å². The van der Waals surface area contributed by atoms with Gasteiger partial charge >= 0.3 is 0 Å². The average Bonchev–Trinajstić information content (AvgIpc) is 2.89. The highest BCUT2D eigenvalue weighted by molar-refractivity contribution is 6.30. The third kappa shape index (κ3) is 2.87. The summed E-state index contributed by atoms with van der Waals surface area (Å²) in [5.74, 6) is 1.57. The molecule has 2 aromatic rings. The highest BCUT2D eigenvalue weighted by atomic mass is 35.5. The zero-order valence-corrected chi connectivity index (χ0v) is 15.6. The number of pyridine rings is 1. The molecule has 0 radical (unpaired) electrons. The maximum absolute atomic E-state index is 6.21. The molecule has 1 fully saturated rings. The number of nitrogens with zero attached hydrogens (tertiary/aromatic N) is 2. The highest BCUT2D eigenvalue weighted by Crippen LogP contribution is 2.45. The lowest BCUT2D eigenvalue weighted by atomic mass is 9.96. The van der Waals surface area contributed by atoms with Crippen LogP contribution in [0.1, 0.15) is 41.3 Å². The Morgan fingerprint density at radius 2 is 1.92 bits per heavy atom. The number of hydrogen-bond donors (Lipinski definition) is 0. The molecule has 4 rings (SSSR count). The van der Waals surface area contributed by atoms with Gasteiger partial charge in [-0.3, -0.25) is 9.88 Å². The topological polar surface area (TPSA) is 34.6 Å². The Morgan fingerprint density at radius 1 is 1.16 bits per heavy atom. The molecule has 1 aromatic carbocycles. The van der Waals surface area contributed by atoms with Gasteiger partial charge in [-0.05, 0) is 54.7 Å². The van der Waals surface area contributed by atoms with Crippen molar-refractivity contribution >= 4 is 11.6 Å². The molecule has 132 valence electrons. The maximum Gasteiger partial charge on any atom is 0.161 e. The van der Waals surface area contributed by atoms with E-state index in [4.69, 9.17) is 21.1 Å². The van der Waals surface area contributed by atoms with Crippen LogP contribution in [0.25, 0.3) is 0 Å². The van der Waals surface area contributed by atoms with Crippen molar-refractivity contribution in [2.24, 2.45) is 0 Å². The van der Waals surface area contributed by atoms with E-state index in [0.717, 1.165) is 29.5 Å². The molecule has 1 aromatic heterocycles. The first-order valence-electron chi connectivity index (χ1n) is 8.72. The first-order chi connectivity index (χ1) is 12.1. The Kier molecular flexibility index (Phi) is 4.34. The normalized spacial score (nSPS) is 21.9. The smallest absolute Gasteiger partial charge is 0.161 e. The van der Waals surface area contributed by atoms with E-state index >= 15 is 0 Å². The molecule has 5 heteroatoms. The number of aryl methyl sites for hydroxylation is 1. The van der Waals surface area contributed by atoms with Gasteiger partial charge in [-0.1, -0.05) is 11.6 Å². The number of ether oxygens (including phenoxy) is 2. The van der Waals surface area contributed by atoms with Gasteiger partial charge in [-0.2, -0.15) is 0 Å². The van der Waals surface area contributed by atoms with Crippen LogP contribution in [0.4, 0.5) is 0 Å². The first kappa shape index (κ1) is 16.7. The molecule has 1 saturated heterocycles. The van der Waals surface area contributed by atoms with Gasteiger partial charge in [0.2, 0.25) is 0 Å². The third-order valence-electron chi connectivity index (χ3n) is 5.60. The lowest BCUT2D eigenvalue weighted by Crippen LogP contribution is -2.37. The quantitative estimate of drug-likeness (QED) is 0.815. The maximum atomic E-state index is 6.21. The van der Waals surface area contributed by atoms with E-state index in [-0.39, 0.29) is 0 Å². The number of methoxy groups -OCH3 is 2. The van der Waals surface area contributed by atoms with Gasteiger partial charge in [0.05, 0.1) is 19.2 Å². The van der Waals surface area contributed by atoms with Crippen LogP contribution in [0, 0.1) is 6.92 Å². The van der Waals surface area contributed by atoms with E-state index in [1.807, 2.05) is 0 Å². The SMILES string of the molecule is COc1cc(C)c(CN2C3CCC2c2cc(Cl)cnc2C3)cc1OC. The second-order valence-electron chi connectivity index (χ2n) is 6.95. The number of halogens is 1. The minimum Gasteiger partial charge on any atom is -0.493 e. The predicted molar refractivity (Wildman–Crippen MR) is 98.5 cm³/mol. The average molecular weight is 359 g/mol. The van der Waals surface area contributed by atoms with Crippen LogP contribution >= 0.6 is 11.6 Å². The second kappa shape index (κ2) is 6.50. The molecule has 4 nitrogen and oxygen atoms in total. The Morgan fingerprint density at radius 3 is 2.68 bits per heavy atom. The number of aromatic nitrogens is 1. The Labute approximate surface area is 153 Å². The third-order valence-corrected chi connectivity index (χ3v) is 5.80. The molecule has 3 heterocycles. The molecule has 2 aliphatic heterocycles. The van der Waals surface area contributed by atoms with Crippen LogP contribution in [0.3, 0.4) is 0 Å².